The first-order valence-corrected chi connectivity index (χ1v) is 5.97. The van der Waals surface area contributed by atoms with Crippen molar-refractivity contribution in [1.82, 2.24) is 0 Å². The summed E-state index contributed by atoms with van der Waals surface area (Å²) in [4.78, 5) is 2.36. The molecule has 1 aliphatic heterocycles. The van der Waals surface area contributed by atoms with Crippen molar-refractivity contribution in [3.05, 3.63) is 18.2 Å². The summed E-state index contributed by atoms with van der Waals surface area (Å²) in [6.45, 7) is 6.31. The number of hydrogen-bond donors (Lipinski definition) is 1. The summed E-state index contributed by atoms with van der Waals surface area (Å²) in [5.41, 5.74) is 7.86. The summed E-state index contributed by atoms with van der Waals surface area (Å²) >= 11 is 0. The van der Waals surface area contributed by atoms with Crippen LogP contribution < -0.4 is 15.4 Å². The third-order valence-corrected chi connectivity index (χ3v) is 2.76. The topological polar surface area (TPSA) is 38.5 Å². The van der Waals surface area contributed by atoms with E-state index in [0.717, 1.165) is 24.5 Å². The fraction of sp³-hybridized carbons (Fsp3) is 0.538. The Labute approximate surface area is 97.2 Å². The monoisotopic (exact) mass is 220 g/mol. The molecule has 3 heteroatoms. The molecule has 1 saturated heterocycles. The Morgan fingerprint density at radius 3 is 2.50 bits per heavy atom. The van der Waals surface area contributed by atoms with Crippen LogP contribution in [-0.4, -0.2) is 19.2 Å². The first-order chi connectivity index (χ1) is 7.65. The number of rotatable bonds is 3. The summed E-state index contributed by atoms with van der Waals surface area (Å²) in [6, 6.07) is 6.00. The molecule has 0 atom stereocenters. The Bertz CT molecular complexity index is 357. The van der Waals surface area contributed by atoms with Crippen molar-refractivity contribution < 1.29 is 4.74 Å². The zero-order valence-corrected chi connectivity index (χ0v) is 10.1. The smallest absolute Gasteiger partial charge is 0.123 e. The van der Waals surface area contributed by atoms with Crippen LogP contribution in [0.25, 0.3) is 0 Å². The van der Waals surface area contributed by atoms with Crippen LogP contribution in [0.2, 0.25) is 0 Å². The SMILES string of the molecule is CC(C)Oc1cc(N)cc(N2CCCC2)c1. The molecule has 1 fully saturated rings. The molecule has 0 bridgehead atoms. The molecule has 0 unspecified atom stereocenters. The molecular formula is C13H20N2O. The molecular weight excluding hydrogens is 200 g/mol. The second-order valence-electron chi connectivity index (χ2n) is 4.62. The molecule has 0 amide bonds. The molecule has 1 aromatic carbocycles. The van der Waals surface area contributed by atoms with Gasteiger partial charge >= 0.3 is 0 Å². The summed E-state index contributed by atoms with van der Waals surface area (Å²) in [6.07, 6.45) is 2.73. The van der Waals surface area contributed by atoms with Gasteiger partial charge in [0.1, 0.15) is 5.75 Å². The molecule has 1 aliphatic rings. The maximum atomic E-state index is 5.90. The van der Waals surface area contributed by atoms with E-state index in [2.05, 4.69) is 11.0 Å². The van der Waals surface area contributed by atoms with Gasteiger partial charge in [0.2, 0.25) is 0 Å². The molecule has 0 radical (unpaired) electrons. The maximum Gasteiger partial charge on any atom is 0.123 e. The average molecular weight is 220 g/mol. The summed E-state index contributed by atoms with van der Waals surface area (Å²) < 4.78 is 5.69. The highest BCUT2D eigenvalue weighted by molar-refractivity contribution is 5.60. The van der Waals surface area contributed by atoms with E-state index in [0.29, 0.717) is 0 Å². The van der Waals surface area contributed by atoms with Crippen molar-refractivity contribution in [3.8, 4) is 5.75 Å². The highest BCUT2D eigenvalue weighted by atomic mass is 16.5. The summed E-state index contributed by atoms with van der Waals surface area (Å²) in [7, 11) is 0. The third kappa shape index (κ3) is 2.60. The second kappa shape index (κ2) is 4.64. The quantitative estimate of drug-likeness (QED) is 0.796. The van der Waals surface area contributed by atoms with E-state index >= 15 is 0 Å². The zero-order chi connectivity index (χ0) is 11.5. The maximum absolute atomic E-state index is 5.90. The third-order valence-electron chi connectivity index (χ3n) is 2.76. The predicted molar refractivity (Wildman–Crippen MR) is 68.1 cm³/mol. The normalized spacial score (nSPS) is 15.8. The van der Waals surface area contributed by atoms with Crippen LogP contribution in [0.15, 0.2) is 18.2 Å². The van der Waals surface area contributed by atoms with Crippen LogP contribution in [0.3, 0.4) is 0 Å². The second-order valence-corrected chi connectivity index (χ2v) is 4.62. The molecule has 2 N–H and O–H groups in total. The van der Waals surface area contributed by atoms with Crippen molar-refractivity contribution in [2.45, 2.75) is 32.8 Å². The Kier molecular flexibility index (Phi) is 3.22. The predicted octanol–water partition coefficient (Wildman–Crippen LogP) is 2.66. The van der Waals surface area contributed by atoms with Gasteiger partial charge in [0.25, 0.3) is 0 Å². The van der Waals surface area contributed by atoms with Crippen LogP contribution in [0.1, 0.15) is 26.7 Å². The van der Waals surface area contributed by atoms with Crippen molar-refractivity contribution in [2.75, 3.05) is 23.7 Å². The van der Waals surface area contributed by atoms with Gasteiger partial charge in [-0.3, -0.25) is 0 Å². The largest absolute Gasteiger partial charge is 0.491 e. The molecule has 1 heterocycles. The molecule has 1 aromatic rings. The molecule has 0 spiro atoms. The number of anilines is 2. The fourth-order valence-electron chi connectivity index (χ4n) is 2.10. The minimum atomic E-state index is 0.188. The molecule has 0 aromatic heterocycles. The van der Waals surface area contributed by atoms with E-state index < -0.39 is 0 Å². The number of benzene rings is 1. The average Bonchev–Trinajstić information content (AvgIpc) is 2.67. The number of ether oxygens (including phenoxy) is 1. The summed E-state index contributed by atoms with van der Waals surface area (Å²) in [5, 5.41) is 0. The number of hydrogen-bond acceptors (Lipinski definition) is 3. The highest BCUT2D eigenvalue weighted by Crippen LogP contribution is 2.28. The van der Waals surface area contributed by atoms with Gasteiger partial charge in [-0.2, -0.15) is 0 Å². The molecule has 2 rings (SSSR count). The first kappa shape index (κ1) is 11.1. The molecule has 3 nitrogen and oxygen atoms in total. The zero-order valence-electron chi connectivity index (χ0n) is 10.1. The van der Waals surface area contributed by atoms with E-state index in [4.69, 9.17) is 10.5 Å². The lowest BCUT2D eigenvalue weighted by atomic mass is 10.2. The Morgan fingerprint density at radius 2 is 1.88 bits per heavy atom. The van der Waals surface area contributed by atoms with Gasteiger partial charge in [-0.1, -0.05) is 0 Å². The van der Waals surface area contributed by atoms with Gasteiger partial charge in [-0.15, -0.1) is 0 Å². The van der Waals surface area contributed by atoms with Crippen LogP contribution in [-0.2, 0) is 0 Å². The number of nitrogen functional groups attached to an aromatic ring is 1. The van der Waals surface area contributed by atoms with Crippen LogP contribution in [0.5, 0.6) is 5.75 Å². The first-order valence-electron chi connectivity index (χ1n) is 5.97. The minimum Gasteiger partial charge on any atom is -0.491 e. The van der Waals surface area contributed by atoms with Gasteiger partial charge in [-0.05, 0) is 32.8 Å². The molecule has 16 heavy (non-hydrogen) atoms. The Hall–Kier alpha value is -1.38. The lowest BCUT2D eigenvalue weighted by Crippen LogP contribution is -2.18. The van der Waals surface area contributed by atoms with E-state index in [-0.39, 0.29) is 6.10 Å². The van der Waals surface area contributed by atoms with Crippen LogP contribution in [0.4, 0.5) is 11.4 Å². The van der Waals surface area contributed by atoms with Gasteiger partial charge < -0.3 is 15.4 Å². The van der Waals surface area contributed by atoms with Gasteiger partial charge in [0.15, 0.2) is 0 Å². The van der Waals surface area contributed by atoms with E-state index in [9.17, 15) is 0 Å². The Morgan fingerprint density at radius 1 is 1.19 bits per heavy atom. The van der Waals surface area contributed by atoms with Gasteiger partial charge in [0.05, 0.1) is 6.10 Å². The van der Waals surface area contributed by atoms with Crippen molar-refractivity contribution in [2.24, 2.45) is 0 Å². The molecule has 88 valence electrons. The standard InChI is InChI=1S/C13H20N2O/c1-10(2)16-13-8-11(14)7-12(9-13)15-5-3-4-6-15/h7-10H,3-6,14H2,1-2H3. The molecule has 0 saturated carbocycles. The van der Waals surface area contributed by atoms with Crippen molar-refractivity contribution in [3.63, 3.8) is 0 Å². The van der Waals surface area contributed by atoms with Crippen molar-refractivity contribution in [1.29, 1.82) is 0 Å². The number of nitrogens with zero attached hydrogens (tertiary/aromatic N) is 1. The van der Waals surface area contributed by atoms with Crippen LogP contribution in [0, 0.1) is 0 Å². The van der Waals surface area contributed by atoms with E-state index in [1.165, 1.54) is 18.5 Å². The fourth-order valence-corrected chi connectivity index (χ4v) is 2.10. The summed E-state index contributed by atoms with van der Waals surface area (Å²) in [5.74, 6) is 0.872. The Balaban J connectivity index is 2.20. The van der Waals surface area contributed by atoms with E-state index in [1.54, 1.807) is 0 Å². The highest BCUT2D eigenvalue weighted by Gasteiger charge is 2.13. The van der Waals surface area contributed by atoms with E-state index in [1.807, 2.05) is 26.0 Å². The minimum absolute atomic E-state index is 0.188. The van der Waals surface area contributed by atoms with Crippen LogP contribution >= 0.6 is 0 Å². The molecule has 0 aliphatic carbocycles. The van der Waals surface area contributed by atoms with Gasteiger partial charge in [-0.25, -0.2) is 0 Å². The van der Waals surface area contributed by atoms with Gasteiger partial charge in [0, 0.05) is 36.6 Å². The lowest BCUT2D eigenvalue weighted by Gasteiger charge is -2.20. The number of nitrogens with two attached hydrogens (primary N) is 1. The lowest BCUT2D eigenvalue weighted by molar-refractivity contribution is 0.242. The van der Waals surface area contributed by atoms with Crippen molar-refractivity contribution >= 4 is 11.4 Å².